The molecular formula is C20H24N4O3. The molecule has 1 saturated heterocycles. The summed E-state index contributed by atoms with van der Waals surface area (Å²) in [7, 11) is 0. The summed E-state index contributed by atoms with van der Waals surface area (Å²) in [6, 6.07) is 6.94. The molecule has 7 heteroatoms. The van der Waals surface area contributed by atoms with Gasteiger partial charge in [-0.2, -0.15) is 0 Å². The maximum atomic E-state index is 13.3. The lowest BCUT2D eigenvalue weighted by molar-refractivity contribution is -0.122. The highest BCUT2D eigenvalue weighted by Crippen LogP contribution is 2.41. The van der Waals surface area contributed by atoms with Crippen molar-refractivity contribution in [1.29, 1.82) is 0 Å². The van der Waals surface area contributed by atoms with E-state index in [0.717, 1.165) is 31.4 Å². The first-order valence-corrected chi connectivity index (χ1v) is 9.47. The molecular weight excluding hydrogens is 344 g/mol. The van der Waals surface area contributed by atoms with Crippen LogP contribution in [0.2, 0.25) is 0 Å². The maximum absolute atomic E-state index is 13.3. The molecule has 3 heterocycles. The minimum Gasteiger partial charge on any atom is -0.506 e. The van der Waals surface area contributed by atoms with E-state index in [9.17, 15) is 14.7 Å². The van der Waals surface area contributed by atoms with Crippen molar-refractivity contribution in [3.8, 4) is 5.75 Å². The van der Waals surface area contributed by atoms with Gasteiger partial charge in [0.25, 0.3) is 5.56 Å². The molecule has 0 radical (unpaired) electrons. The van der Waals surface area contributed by atoms with Gasteiger partial charge in [0, 0.05) is 25.7 Å². The molecule has 142 valence electrons. The molecule has 2 unspecified atom stereocenters. The van der Waals surface area contributed by atoms with Gasteiger partial charge in [-0.3, -0.25) is 9.59 Å². The van der Waals surface area contributed by atoms with Crippen LogP contribution in [0.4, 0.5) is 11.5 Å². The third-order valence-electron chi connectivity index (χ3n) is 5.66. The van der Waals surface area contributed by atoms with Gasteiger partial charge in [-0.15, -0.1) is 0 Å². The lowest BCUT2D eigenvalue weighted by atomic mass is 9.89. The number of piperidine rings is 1. The number of phenols is 1. The van der Waals surface area contributed by atoms with E-state index >= 15 is 0 Å². The molecule has 2 atom stereocenters. The first-order chi connectivity index (χ1) is 13.0. The predicted molar refractivity (Wildman–Crippen MR) is 103 cm³/mol. The SMILES string of the molecule is CC1CCN(C(=O)C2CCCN(c3cc(=O)[nH]cn3)C2)c2c(O)cccc21. The van der Waals surface area contributed by atoms with Crippen molar-refractivity contribution >= 4 is 17.4 Å². The molecule has 1 aromatic heterocycles. The molecule has 0 aliphatic carbocycles. The van der Waals surface area contributed by atoms with Crippen LogP contribution in [-0.4, -0.2) is 40.6 Å². The number of aromatic amines is 1. The second kappa shape index (κ2) is 7.06. The summed E-state index contributed by atoms with van der Waals surface area (Å²) in [6.45, 7) is 4.05. The van der Waals surface area contributed by atoms with Crippen molar-refractivity contribution < 1.29 is 9.90 Å². The Morgan fingerprint density at radius 1 is 1.30 bits per heavy atom. The first-order valence-electron chi connectivity index (χ1n) is 9.47. The Labute approximate surface area is 157 Å². The number of anilines is 2. The van der Waals surface area contributed by atoms with Gasteiger partial charge in [0.05, 0.1) is 17.9 Å². The van der Waals surface area contributed by atoms with Crippen molar-refractivity contribution in [2.75, 3.05) is 29.4 Å². The molecule has 27 heavy (non-hydrogen) atoms. The number of para-hydroxylation sites is 1. The standard InChI is InChI=1S/C20H24N4O3/c1-13-7-9-24(19-15(13)5-2-6-16(19)25)20(27)14-4-3-8-23(11-14)17-10-18(26)22-12-21-17/h2,5-6,10,12-14,25H,3-4,7-9,11H2,1H3,(H,21,22,26). The van der Waals surface area contributed by atoms with Crippen molar-refractivity contribution in [2.45, 2.75) is 32.1 Å². The number of phenolic OH excluding ortho intramolecular Hbond substituents is 1. The number of aromatic nitrogens is 2. The molecule has 0 saturated carbocycles. The highest BCUT2D eigenvalue weighted by molar-refractivity contribution is 5.98. The van der Waals surface area contributed by atoms with Crippen LogP contribution in [0.25, 0.3) is 0 Å². The van der Waals surface area contributed by atoms with Crippen LogP contribution in [0.15, 0.2) is 35.4 Å². The molecule has 7 nitrogen and oxygen atoms in total. The number of rotatable bonds is 2. The third-order valence-corrected chi connectivity index (χ3v) is 5.66. The van der Waals surface area contributed by atoms with E-state index in [1.807, 2.05) is 17.0 Å². The summed E-state index contributed by atoms with van der Waals surface area (Å²) in [5, 5.41) is 10.4. The Bertz CT molecular complexity index is 910. The Balaban J connectivity index is 1.58. The molecule has 4 rings (SSSR count). The van der Waals surface area contributed by atoms with Crippen LogP contribution in [0.1, 0.15) is 37.7 Å². The average molecular weight is 368 g/mol. The third kappa shape index (κ3) is 3.29. The topological polar surface area (TPSA) is 89.5 Å². The highest BCUT2D eigenvalue weighted by atomic mass is 16.3. The van der Waals surface area contributed by atoms with E-state index in [0.29, 0.717) is 30.5 Å². The minimum absolute atomic E-state index is 0.0409. The van der Waals surface area contributed by atoms with Crippen LogP contribution in [0.5, 0.6) is 5.75 Å². The minimum atomic E-state index is -0.197. The zero-order chi connectivity index (χ0) is 19.0. The molecule has 1 fully saturated rings. The Hall–Kier alpha value is -2.83. The number of benzene rings is 1. The Morgan fingerprint density at radius 2 is 2.15 bits per heavy atom. The van der Waals surface area contributed by atoms with Crippen molar-refractivity contribution in [2.24, 2.45) is 5.92 Å². The number of nitrogens with one attached hydrogen (secondary N) is 1. The average Bonchev–Trinajstić information content (AvgIpc) is 2.68. The Morgan fingerprint density at radius 3 is 2.96 bits per heavy atom. The fraction of sp³-hybridized carbons (Fsp3) is 0.450. The molecule has 0 spiro atoms. The van der Waals surface area contributed by atoms with Gasteiger partial charge < -0.3 is 19.9 Å². The summed E-state index contributed by atoms with van der Waals surface area (Å²) in [6.07, 6.45) is 3.94. The van der Waals surface area contributed by atoms with Crippen LogP contribution in [0, 0.1) is 5.92 Å². The summed E-state index contributed by atoms with van der Waals surface area (Å²) >= 11 is 0. The van der Waals surface area contributed by atoms with E-state index in [1.54, 1.807) is 11.0 Å². The van der Waals surface area contributed by atoms with Gasteiger partial charge in [0.15, 0.2) is 0 Å². The highest BCUT2D eigenvalue weighted by Gasteiger charge is 2.35. The zero-order valence-electron chi connectivity index (χ0n) is 15.4. The molecule has 2 aliphatic rings. The van der Waals surface area contributed by atoms with Crippen LogP contribution in [0.3, 0.4) is 0 Å². The Kier molecular flexibility index (Phi) is 4.59. The van der Waals surface area contributed by atoms with E-state index < -0.39 is 0 Å². The summed E-state index contributed by atoms with van der Waals surface area (Å²) < 4.78 is 0. The molecule has 1 aromatic carbocycles. The smallest absolute Gasteiger partial charge is 0.252 e. The van der Waals surface area contributed by atoms with Crippen LogP contribution >= 0.6 is 0 Å². The number of amides is 1. The second-order valence-electron chi connectivity index (χ2n) is 7.45. The van der Waals surface area contributed by atoms with Crippen molar-refractivity contribution in [3.63, 3.8) is 0 Å². The van der Waals surface area contributed by atoms with Gasteiger partial charge in [0.1, 0.15) is 11.6 Å². The van der Waals surface area contributed by atoms with Gasteiger partial charge in [0.2, 0.25) is 5.91 Å². The predicted octanol–water partition coefficient (Wildman–Crippen LogP) is 2.23. The van der Waals surface area contributed by atoms with Crippen molar-refractivity contribution in [1.82, 2.24) is 9.97 Å². The normalized spacial score (nSPS) is 22.4. The lowest BCUT2D eigenvalue weighted by Crippen LogP contribution is -2.47. The summed E-state index contributed by atoms with van der Waals surface area (Å²) in [5.74, 6) is 0.947. The quantitative estimate of drug-likeness (QED) is 0.848. The molecule has 2 aliphatic heterocycles. The second-order valence-corrected chi connectivity index (χ2v) is 7.45. The van der Waals surface area contributed by atoms with Gasteiger partial charge in [-0.1, -0.05) is 19.1 Å². The first kappa shape index (κ1) is 17.6. The maximum Gasteiger partial charge on any atom is 0.252 e. The summed E-state index contributed by atoms with van der Waals surface area (Å²) in [4.78, 5) is 35.4. The number of H-pyrrole nitrogens is 1. The number of aromatic hydroxyl groups is 1. The number of hydrogen-bond donors (Lipinski definition) is 2. The number of nitrogens with zero attached hydrogens (tertiary/aromatic N) is 3. The number of hydrogen-bond acceptors (Lipinski definition) is 5. The van der Waals surface area contributed by atoms with Crippen LogP contribution < -0.4 is 15.4 Å². The number of fused-ring (bicyclic) bond motifs is 1. The van der Waals surface area contributed by atoms with E-state index in [-0.39, 0.29) is 23.1 Å². The van der Waals surface area contributed by atoms with E-state index in [4.69, 9.17) is 0 Å². The van der Waals surface area contributed by atoms with Crippen LogP contribution in [-0.2, 0) is 4.79 Å². The molecule has 2 N–H and O–H groups in total. The fourth-order valence-corrected chi connectivity index (χ4v) is 4.19. The van der Waals surface area contributed by atoms with Gasteiger partial charge >= 0.3 is 0 Å². The largest absolute Gasteiger partial charge is 0.506 e. The molecule has 2 aromatic rings. The molecule has 0 bridgehead atoms. The van der Waals surface area contributed by atoms with Gasteiger partial charge in [-0.05, 0) is 36.8 Å². The zero-order valence-corrected chi connectivity index (χ0v) is 15.4. The lowest BCUT2D eigenvalue weighted by Gasteiger charge is -2.38. The number of carbonyl (C=O) groups excluding carboxylic acids is 1. The van der Waals surface area contributed by atoms with Gasteiger partial charge in [-0.25, -0.2) is 4.98 Å². The fourth-order valence-electron chi connectivity index (χ4n) is 4.19. The number of carbonyl (C=O) groups is 1. The molecule has 1 amide bonds. The monoisotopic (exact) mass is 368 g/mol. The van der Waals surface area contributed by atoms with E-state index in [1.165, 1.54) is 12.4 Å². The van der Waals surface area contributed by atoms with Crippen molar-refractivity contribution in [3.05, 3.63) is 46.5 Å². The summed E-state index contributed by atoms with van der Waals surface area (Å²) in [5.41, 5.74) is 1.49. The van der Waals surface area contributed by atoms with E-state index in [2.05, 4.69) is 16.9 Å².